The second kappa shape index (κ2) is 5.90. The summed E-state index contributed by atoms with van der Waals surface area (Å²) in [7, 11) is 0. The van der Waals surface area contributed by atoms with Crippen LogP contribution in [0.4, 0.5) is 5.69 Å². The zero-order valence-electron chi connectivity index (χ0n) is 13.0. The van der Waals surface area contributed by atoms with Gasteiger partial charge in [-0.25, -0.2) is 4.68 Å². The lowest BCUT2D eigenvalue weighted by Gasteiger charge is -2.28. The first-order chi connectivity index (χ1) is 10.2. The molecule has 0 atom stereocenters. The minimum absolute atomic E-state index is 0.545. The third-order valence-electron chi connectivity index (χ3n) is 4.46. The van der Waals surface area contributed by atoms with Gasteiger partial charge in [-0.05, 0) is 57.4 Å². The van der Waals surface area contributed by atoms with Crippen LogP contribution < -0.4 is 10.6 Å². The highest BCUT2D eigenvalue weighted by Gasteiger charge is 2.13. The van der Waals surface area contributed by atoms with Crippen LogP contribution in [0, 0.1) is 13.8 Å². The minimum Gasteiger partial charge on any atom is -0.372 e. The number of anilines is 1. The largest absolute Gasteiger partial charge is 0.372 e. The molecular weight excluding hydrogens is 260 g/mol. The molecule has 0 amide bonds. The van der Waals surface area contributed by atoms with Gasteiger partial charge < -0.3 is 10.6 Å². The summed E-state index contributed by atoms with van der Waals surface area (Å²) in [5.41, 5.74) is 11.5. The molecule has 2 heterocycles. The summed E-state index contributed by atoms with van der Waals surface area (Å²) in [6, 6.07) is 8.73. The second-order valence-electron chi connectivity index (χ2n) is 5.83. The normalized spacial score (nSPS) is 15.5. The fourth-order valence-electron chi connectivity index (χ4n) is 3.18. The molecule has 0 saturated carbocycles. The van der Waals surface area contributed by atoms with Gasteiger partial charge in [0.1, 0.15) is 0 Å². The molecule has 1 fully saturated rings. The molecule has 0 radical (unpaired) electrons. The van der Waals surface area contributed by atoms with Gasteiger partial charge in [-0.1, -0.05) is 0 Å². The third-order valence-corrected chi connectivity index (χ3v) is 4.46. The Hall–Kier alpha value is -1.81. The van der Waals surface area contributed by atoms with Crippen LogP contribution in [-0.2, 0) is 6.54 Å². The van der Waals surface area contributed by atoms with Crippen LogP contribution in [0.15, 0.2) is 24.3 Å². The van der Waals surface area contributed by atoms with Crippen molar-refractivity contribution < 1.29 is 0 Å². The van der Waals surface area contributed by atoms with E-state index in [0.717, 1.165) is 22.6 Å². The molecule has 1 saturated heterocycles. The number of piperidine rings is 1. The quantitative estimate of drug-likeness (QED) is 0.942. The van der Waals surface area contributed by atoms with Gasteiger partial charge in [0.2, 0.25) is 0 Å². The van der Waals surface area contributed by atoms with Gasteiger partial charge in [-0.15, -0.1) is 0 Å². The number of hydrogen-bond acceptors (Lipinski definition) is 3. The van der Waals surface area contributed by atoms with Gasteiger partial charge in [0, 0.05) is 36.6 Å². The van der Waals surface area contributed by atoms with Gasteiger partial charge >= 0.3 is 0 Å². The first kappa shape index (κ1) is 14.1. The Morgan fingerprint density at radius 1 is 1.00 bits per heavy atom. The summed E-state index contributed by atoms with van der Waals surface area (Å²) in [6.45, 7) is 7.01. The van der Waals surface area contributed by atoms with Crippen LogP contribution >= 0.6 is 0 Å². The van der Waals surface area contributed by atoms with Crippen molar-refractivity contribution in [3.05, 3.63) is 41.2 Å². The molecule has 1 aliphatic rings. The number of aryl methyl sites for hydroxylation is 1. The van der Waals surface area contributed by atoms with Crippen molar-refractivity contribution in [3.63, 3.8) is 0 Å². The lowest BCUT2D eigenvalue weighted by atomic mass is 10.1. The Bertz CT molecular complexity index is 606. The number of rotatable bonds is 3. The molecule has 0 aliphatic carbocycles. The van der Waals surface area contributed by atoms with Crippen molar-refractivity contribution in [1.29, 1.82) is 0 Å². The van der Waals surface area contributed by atoms with Gasteiger partial charge in [0.15, 0.2) is 0 Å². The molecule has 112 valence electrons. The number of nitrogens with two attached hydrogens (primary N) is 1. The molecule has 0 unspecified atom stereocenters. The van der Waals surface area contributed by atoms with Crippen LogP contribution in [0.3, 0.4) is 0 Å². The zero-order valence-corrected chi connectivity index (χ0v) is 13.0. The Balaban J connectivity index is 1.87. The molecule has 4 heteroatoms. The monoisotopic (exact) mass is 284 g/mol. The zero-order chi connectivity index (χ0) is 14.8. The number of aromatic nitrogens is 2. The number of hydrogen-bond donors (Lipinski definition) is 1. The van der Waals surface area contributed by atoms with Crippen molar-refractivity contribution >= 4 is 5.69 Å². The van der Waals surface area contributed by atoms with Crippen LogP contribution in [0.5, 0.6) is 0 Å². The van der Waals surface area contributed by atoms with E-state index < -0.39 is 0 Å². The van der Waals surface area contributed by atoms with Gasteiger partial charge in [0.25, 0.3) is 0 Å². The average Bonchev–Trinajstić information content (AvgIpc) is 2.82. The molecule has 0 bridgehead atoms. The van der Waals surface area contributed by atoms with Crippen LogP contribution in [0.2, 0.25) is 0 Å². The first-order valence-corrected chi connectivity index (χ1v) is 7.81. The Morgan fingerprint density at radius 2 is 1.62 bits per heavy atom. The van der Waals surface area contributed by atoms with Gasteiger partial charge in [0.05, 0.1) is 11.4 Å². The molecular formula is C17H24N4. The van der Waals surface area contributed by atoms with Crippen LogP contribution in [-0.4, -0.2) is 22.9 Å². The molecule has 2 aromatic rings. The van der Waals surface area contributed by atoms with Crippen molar-refractivity contribution in [2.45, 2.75) is 39.7 Å². The molecule has 21 heavy (non-hydrogen) atoms. The summed E-state index contributed by atoms with van der Waals surface area (Å²) in [5.74, 6) is 0. The van der Waals surface area contributed by atoms with E-state index in [2.05, 4.69) is 41.2 Å². The summed E-state index contributed by atoms with van der Waals surface area (Å²) >= 11 is 0. The first-order valence-electron chi connectivity index (χ1n) is 7.81. The summed E-state index contributed by atoms with van der Waals surface area (Å²) in [5, 5.41) is 4.62. The Labute approximate surface area is 126 Å². The fourth-order valence-corrected chi connectivity index (χ4v) is 3.18. The summed E-state index contributed by atoms with van der Waals surface area (Å²) in [6.07, 6.45) is 3.97. The van der Waals surface area contributed by atoms with Crippen molar-refractivity contribution in [1.82, 2.24) is 9.78 Å². The number of benzene rings is 1. The van der Waals surface area contributed by atoms with Gasteiger partial charge in [-0.2, -0.15) is 5.10 Å². The van der Waals surface area contributed by atoms with E-state index in [4.69, 9.17) is 5.73 Å². The summed E-state index contributed by atoms with van der Waals surface area (Å²) < 4.78 is 2.00. The fraction of sp³-hybridized carbons (Fsp3) is 0.471. The van der Waals surface area contributed by atoms with E-state index in [1.165, 1.54) is 38.0 Å². The predicted molar refractivity (Wildman–Crippen MR) is 87.0 cm³/mol. The molecule has 3 rings (SSSR count). The summed E-state index contributed by atoms with van der Waals surface area (Å²) in [4.78, 5) is 2.47. The lowest BCUT2D eigenvalue weighted by molar-refractivity contribution is 0.578. The highest BCUT2D eigenvalue weighted by atomic mass is 15.3. The van der Waals surface area contributed by atoms with E-state index in [1.54, 1.807) is 0 Å². The lowest BCUT2D eigenvalue weighted by Crippen LogP contribution is -2.29. The smallest absolute Gasteiger partial charge is 0.0650 e. The second-order valence-corrected chi connectivity index (χ2v) is 5.83. The molecule has 1 aromatic heterocycles. The van der Waals surface area contributed by atoms with Gasteiger partial charge in [-0.3, -0.25) is 0 Å². The highest BCUT2D eigenvalue weighted by molar-refractivity contribution is 5.51. The van der Waals surface area contributed by atoms with E-state index in [-0.39, 0.29) is 0 Å². The Morgan fingerprint density at radius 3 is 2.19 bits per heavy atom. The minimum atomic E-state index is 0.545. The SMILES string of the molecule is Cc1nn(-c2ccc(N3CCCCC3)cc2)c(C)c1CN. The van der Waals surface area contributed by atoms with E-state index in [1.807, 2.05) is 11.6 Å². The maximum Gasteiger partial charge on any atom is 0.0650 e. The van der Waals surface area contributed by atoms with Crippen molar-refractivity contribution in [2.75, 3.05) is 18.0 Å². The average molecular weight is 284 g/mol. The third kappa shape index (κ3) is 2.68. The number of nitrogens with zero attached hydrogens (tertiary/aromatic N) is 3. The molecule has 4 nitrogen and oxygen atoms in total. The predicted octanol–water partition coefficient (Wildman–Crippen LogP) is 2.94. The standard InChI is InChI=1S/C17H24N4/c1-13-17(12-18)14(2)21(19-13)16-8-6-15(7-9-16)20-10-4-3-5-11-20/h6-9H,3-5,10-12,18H2,1-2H3. The molecule has 1 aliphatic heterocycles. The van der Waals surface area contributed by atoms with Crippen LogP contribution in [0.25, 0.3) is 5.69 Å². The van der Waals surface area contributed by atoms with E-state index >= 15 is 0 Å². The van der Waals surface area contributed by atoms with E-state index in [0.29, 0.717) is 6.54 Å². The van der Waals surface area contributed by atoms with E-state index in [9.17, 15) is 0 Å². The van der Waals surface area contributed by atoms with Crippen molar-refractivity contribution in [3.8, 4) is 5.69 Å². The van der Waals surface area contributed by atoms with Crippen molar-refractivity contribution in [2.24, 2.45) is 5.73 Å². The maximum absolute atomic E-state index is 5.80. The molecule has 1 aromatic carbocycles. The Kier molecular flexibility index (Phi) is 3.97. The molecule has 2 N–H and O–H groups in total. The topological polar surface area (TPSA) is 47.1 Å². The molecule has 0 spiro atoms. The maximum atomic E-state index is 5.80. The van der Waals surface area contributed by atoms with Crippen LogP contribution in [0.1, 0.15) is 36.2 Å². The highest BCUT2D eigenvalue weighted by Crippen LogP contribution is 2.23.